The van der Waals surface area contributed by atoms with E-state index < -0.39 is 12.0 Å². The van der Waals surface area contributed by atoms with Crippen LogP contribution in [-0.4, -0.2) is 23.3 Å². The molecule has 3 aromatic rings. The lowest BCUT2D eigenvalue weighted by Crippen LogP contribution is -2.27. The molecule has 2 atom stereocenters. The molecule has 6 heteroatoms. The van der Waals surface area contributed by atoms with Crippen LogP contribution in [0.5, 0.6) is 11.5 Å². The summed E-state index contributed by atoms with van der Waals surface area (Å²) in [4.78, 5) is 28.0. The molecule has 4 rings (SSSR count). The number of aromatic nitrogens is 1. The fourth-order valence-corrected chi connectivity index (χ4v) is 3.51. The number of nitrogens with zero attached hydrogens (tertiary/aromatic N) is 1. The Kier molecular flexibility index (Phi) is 5.48. The zero-order chi connectivity index (χ0) is 21.1. The number of nitrogens with two attached hydrogens (primary N) is 1. The minimum Gasteiger partial charge on any atom is -0.492 e. The van der Waals surface area contributed by atoms with Gasteiger partial charge in [-0.2, -0.15) is 0 Å². The quantitative estimate of drug-likeness (QED) is 0.674. The van der Waals surface area contributed by atoms with E-state index in [1.54, 1.807) is 42.7 Å². The lowest BCUT2D eigenvalue weighted by Gasteiger charge is -2.25. The minimum absolute atomic E-state index is 0.0994. The third-order valence-electron chi connectivity index (χ3n) is 5.28. The molecule has 0 aliphatic carbocycles. The van der Waals surface area contributed by atoms with Crippen molar-refractivity contribution in [3.63, 3.8) is 0 Å². The second-order valence-corrected chi connectivity index (χ2v) is 7.20. The first kappa shape index (κ1) is 19.6. The van der Waals surface area contributed by atoms with Crippen molar-refractivity contribution in [2.75, 3.05) is 6.61 Å². The average molecular weight is 402 g/mol. The van der Waals surface area contributed by atoms with Crippen LogP contribution in [0.25, 0.3) is 0 Å². The van der Waals surface area contributed by atoms with Gasteiger partial charge in [0.05, 0.1) is 18.1 Å². The van der Waals surface area contributed by atoms with Crippen molar-refractivity contribution in [2.24, 2.45) is 11.7 Å². The summed E-state index contributed by atoms with van der Waals surface area (Å²) in [6, 6.07) is 16.0. The number of primary amides is 1. The van der Waals surface area contributed by atoms with Gasteiger partial charge in [0.25, 0.3) is 0 Å². The summed E-state index contributed by atoms with van der Waals surface area (Å²) >= 11 is 0. The molecule has 6 nitrogen and oxygen atoms in total. The number of Topliss-reactive ketones (excluding diaryl/α,β-unsaturated/α-hetero) is 1. The van der Waals surface area contributed by atoms with Gasteiger partial charge >= 0.3 is 0 Å². The maximum absolute atomic E-state index is 12.5. The average Bonchev–Trinajstić information content (AvgIpc) is 2.78. The number of carbonyl (C=O) groups excluding carboxylic acids is 2. The lowest BCUT2D eigenvalue weighted by molar-refractivity contribution is 0.0825. The first-order valence-corrected chi connectivity index (χ1v) is 9.84. The fourth-order valence-electron chi connectivity index (χ4n) is 3.51. The van der Waals surface area contributed by atoms with Crippen LogP contribution in [0.15, 0.2) is 67.0 Å². The number of pyridine rings is 1. The van der Waals surface area contributed by atoms with Crippen LogP contribution in [0.2, 0.25) is 0 Å². The number of hydrogen-bond acceptors (Lipinski definition) is 5. The summed E-state index contributed by atoms with van der Waals surface area (Å²) in [6.45, 7) is 2.37. The largest absolute Gasteiger partial charge is 0.492 e. The molecule has 0 bridgehead atoms. The third-order valence-corrected chi connectivity index (χ3v) is 5.28. The molecule has 2 aromatic carbocycles. The molecular formula is C24H22N2O4. The zero-order valence-corrected chi connectivity index (χ0v) is 16.6. The number of hydrogen-bond donors (Lipinski definition) is 1. The van der Waals surface area contributed by atoms with E-state index in [4.69, 9.17) is 15.2 Å². The molecular weight excluding hydrogens is 380 g/mol. The second-order valence-electron chi connectivity index (χ2n) is 7.20. The van der Waals surface area contributed by atoms with Gasteiger partial charge < -0.3 is 15.2 Å². The maximum Gasteiger partial charge on any atom is 0.248 e. The molecule has 30 heavy (non-hydrogen) atoms. The summed E-state index contributed by atoms with van der Waals surface area (Å²) in [5.41, 5.74) is 8.12. The highest BCUT2D eigenvalue weighted by atomic mass is 16.5. The van der Waals surface area contributed by atoms with Crippen LogP contribution in [0, 0.1) is 5.92 Å². The molecule has 1 aliphatic rings. The Bertz CT molecular complexity index is 1060. The first-order valence-electron chi connectivity index (χ1n) is 9.84. The van der Waals surface area contributed by atoms with Crippen molar-refractivity contribution in [3.8, 4) is 11.5 Å². The van der Waals surface area contributed by atoms with Gasteiger partial charge in [-0.25, -0.2) is 0 Å². The van der Waals surface area contributed by atoms with E-state index in [1.807, 2.05) is 31.2 Å². The molecule has 0 saturated heterocycles. The van der Waals surface area contributed by atoms with Crippen molar-refractivity contribution in [1.29, 1.82) is 0 Å². The van der Waals surface area contributed by atoms with E-state index in [0.717, 1.165) is 17.5 Å². The Hall–Kier alpha value is -3.67. The van der Waals surface area contributed by atoms with Gasteiger partial charge in [0.2, 0.25) is 5.91 Å². The second kappa shape index (κ2) is 8.37. The number of carbonyl (C=O) groups is 2. The lowest BCUT2D eigenvalue weighted by atomic mass is 9.93. The van der Waals surface area contributed by atoms with Gasteiger partial charge in [-0.3, -0.25) is 14.6 Å². The van der Waals surface area contributed by atoms with Gasteiger partial charge in [0.1, 0.15) is 17.6 Å². The van der Waals surface area contributed by atoms with Crippen molar-refractivity contribution in [2.45, 2.75) is 19.4 Å². The topological polar surface area (TPSA) is 91.5 Å². The van der Waals surface area contributed by atoms with E-state index in [2.05, 4.69) is 4.98 Å². The van der Waals surface area contributed by atoms with Crippen molar-refractivity contribution < 1.29 is 19.1 Å². The molecule has 1 amide bonds. The van der Waals surface area contributed by atoms with Gasteiger partial charge in [-0.05, 0) is 53.9 Å². The number of amides is 1. The predicted molar refractivity (Wildman–Crippen MR) is 112 cm³/mol. The Morgan fingerprint density at radius 1 is 1.13 bits per heavy atom. The number of fused-ring (bicyclic) bond motifs is 1. The number of benzene rings is 2. The summed E-state index contributed by atoms with van der Waals surface area (Å²) in [7, 11) is 0. The van der Waals surface area contributed by atoms with Gasteiger partial charge in [-0.1, -0.05) is 19.1 Å². The smallest absolute Gasteiger partial charge is 0.248 e. The summed E-state index contributed by atoms with van der Waals surface area (Å²) in [5, 5.41) is 0. The Balaban J connectivity index is 1.66. The minimum atomic E-state index is -0.482. The van der Waals surface area contributed by atoms with Crippen molar-refractivity contribution in [3.05, 3.63) is 89.2 Å². The normalized spacial score (nSPS) is 16.3. The van der Waals surface area contributed by atoms with E-state index in [-0.39, 0.29) is 11.7 Å². The van der Waals surface area contributed by atoms with Gasteiger partial charge in [0, 0.05) is 24.0 Å². The fraction of sp³-hybridized carbons (Fsp3) is 0.208. The molecule has 0 fully saturated rings. The number of ketones is 1. The van der Waals surface area contributed by atoms with E-state index in [1.165, 1.54) is 0 Å². The van der Waals surface area contributed by atoms with E-state index in [0.29, 0.717) is 29.2 Å². The summed E-state index contributed by atoms with van der Waals surface area (Å²) < 4.78 is 12.1. The Morgan fingerprint density at radius 2 is 1.83 bits per heavy atom. The van der Waals surface area contributed by atoms with Crippen LogP contribution in [0.3, 0.4) is 0 Å². The Morgan fingerprint density at radius 3 is 2.50 bits per heavy atom. The van der Waals surface area contributed by atoms with Crippen LogP contribution >= 0.6 is 0 Å². The maximum atomic E-state index is 12.5. The molecule has 0 spiro atoms. The third kappa shape index (κ3) is 3.89. The SMILES string of the molecule is CC[C@@H]1COc2cc(O[C@@H](c3ccncc3)c3ccc(C(N)=O)cc3)ccc2C1=O. The number of rotatable bonds is 6. The highest BCUT2D eigenvalue weighted by Gasteiger charge is 2.28. The molecule has 152 valence electrons. The van der Waals surface area contributed by atoms with Crippen molar-refractivity contribution in [1.82, 2.24) is 4.98 Å². The zero-order valence-electron chi connectivity index (χ0n) is 16.6. The predicted octanol–water partition coefficient (Wildman–Crippen LogP) is 3.95. The van der Waals surface area contributed by atoms with Crippen LogP contribution < -0.4 is 15.2 Å². The first-order chi connectivity index (χ1) is 14.6. The highest BCUT2D eigenvalue weighted by molar-refractivity contribution is 6.01. The molecule has 1 aliphatic heterocycles. The molecule has 0 radical (unpaired) electrons. The van der Waals surface area contributed by atoms with Crippen LogP contribution in [0.4, 0.5) is 0 Å². The Labute approximate surface area is 174 Å². The summed E-state index contributed by atoms with van der Waals surface area (Å²) in [5.74, 6) is 0.650. The molecule has 2 N–H and O–H groups in total. The van der Waals surface area contributed by atoms with Gasteiger partial charge in [0.15, 0.2) is 5.78 Å². The highest BCUT2D eigenvalue weighted by Crippen LogP contribution is 2.35. The molecule has 0 unspecified atom stereocenters. The van der Waals surface area contributed by atoms with Crippen LogP contribution in [0.1, 0.15) is 51.3 Å². The summed E-state index contributed by atoms with van der Waals surface area (Å²) in [6.07, 6.45) is 3.71. The number of ether oxygens (including phenoxy) is 2. The van der Waals surface area contributed by atoms with Gasteiger partial charge in [-0.15, -0.1) is 0 Å². The molecule has 0 saturated carbocycles. The standard InChI is InChI=1S/C24H22N2O4/c1-2-15-14-29-21-13-19(7-8-20(21)22(15)27)30-23(17-9-11-26-12-10-17)16-3-5-18(6-4-16)24(25)28/h3-13,15,23H,2,14H2,1H3,(H2,25,28)/t15-,23-/m1/s1. The molecule has 2 heterocycles. The van der Waals surface area contributed by atoms with E-state index in [9.17, 15) is 9.59 Å². The van der Waals surface area contributed by atoms with Crippen molar-refractivity contribution >= 4 is 11.7 Å². The van der Waals surface area contributed by atoms with Crippen LogP contribution in [-0.2, 0) is 0 Å². The van der Waals surface area contributed by atoms with E-state index >= 15 is 0 Å². The molecule has 1 aromatic heterocycles. The monoisotopic (exact) mass is 402 g/mol.